The van der Waals surface area contributed by atoms with Crippen LogP contribution in [0.1, 0.15) is 46.5 Å². The summed E-state index contributed by atoms with van der Waals surface area (Å²) in [5.41, 5.74) is 0. The molecular weight excluding hydrogens is 164 g/mol. The second kappa shape index (κ2) is 6.93. The minimum atomic E-state index is -0.0799. The summed E-state index contributed by atoms with van der Waals surface area (Å²) in [4.78, 5) is 11.1. The van der Waals surface area contributed by atoms with E-state index in [2.05, 4.69) is 18.6 Å². The van der Waals surface area contributed by atoms with Gasteiger partial charge in [0.25, 0.3) is 0 Å². The molecule has 0 aromatic heterocycles. The second-order valence-corrected chi connectivity index (χ2v) is 3.90. The average molecular weight is 186 g/mol. The van der Waals surface area contributed by atoms with Gasteiger partial charge in [0.2, 0.25) is 0 Å². The highest BCUT2D eigenvalue weighted by Gasteiger charge is 2.13. The molecule has 2 atom stereocenters. The van der Waals surface area contributed by atoms with Gasteiger partial charge in [-0.1, -0.05) is 33.6 Å². The third-order valence-electron chi connectivity index (χ3n) is 2.48. The topological polar surface area (TPSA) is 26.3 Å². The third-order valence-corrected chi connectivity index (χ3v) is 2.48. The smallest absolute Gasteiger partial charge is 0.308 e. The van der Waals surface area contributed by atoms with Crippen LogP contribution >= 0.6 is 0 Å². The summed E-state index contributed by atoms with van der Waals surface area (Å²) in [5.74, 6) is 0.713. The van der Waals surface area contributed by atoms with Gasteiger partial charge in [-0.15, -0.1) is 0 Å². The summed E-state index contributed by atoms with van der Waals surface area (Å²) in [7, 11) is 1.45. The molecule has 0 saturated heterocycles. The first-order valence-corrected chi connectivity index (χ1v) is 5.19. The van der Waals surface area contributed by atoms with Gasteiger partial charge in [-0.05, 0) is 18.8 Å². The Balaban J connectivity index is 3.56. The summed E-state index contributed by atoms with van der Waals surface area (Å²) >= 11 is 0. The van der Waals surface area contributed by atoms with Crippen LogP contribution in [-0.4, -0.2) is 13.1 Å². The standard InChI is InChI=1S/C11H22O2/c1-5-6-9(2)7-8-10(3)11(12)13-4/h9-10H,5-8H2,1-4H3. The van der Waals surface area contributed by atoms with E-state index in [1.54, 1.807) is 0 Å². The zero-order valence-corrected chi connectivity index (χ0v) is 9.30. The minimum Gasteiger partial charge on any atom is -0.469 e. The Morgan fingerprint density at radius 3 is 2.31 bits per heavy atom. The Hall–Kier alpha value is -0.530. The van der Waals surface area contributed by atoms with E-state index in [0.29, 0.717) is 0 Å². The van der Waals surface area contributed by atoms with E-state index in [1.807, 2.05) is 6.92 Å². The van der Waals surface area contributed by atoms with Crippen molar-refractivity contribution >= 4 is 5.97 Å². The molecule has 0 aliphatic carbocycles. The van der Waals surface area contributed by atoms with E-state index in [9.17, 15) is 4.79 Å². The Labute approximate surface area is 81.7 Å². The Morgan fingerprint density at radius 2 is 1.85 bits per heavy atom. The molecule has 0 bridgehead atoms. The lowest BCUT2D eigenvalue weighted by Gasteiger charge is -2.12. The van der Waals surface area contributed by atoms with Crippen molar-refractivity contribution in [2.75, 3.05) is 7.11 Å². The zero-order chi connectivity index (χ0) is 10.3. The Bertz CT molecular complexity index is 143. The molecule has 2 heteroatoms. The van der Waals surface area contributed by atoms with Gasteiger partial charge in [0.1, 0.15) is 0 Å². The van der Waals surface area contributed by atoms with Crippen molar-refractivity contribution in [1.82, 2.24) is 0 Å². The highest BCUT2D eigenvalue weighted by molar-refractivity contribution is 5.71. The maximum Gasteiger partial charge on any atom is 0.308 e. The number of hydrogen-bond acceptors (Lipinski definition) is 2. The Morgan fingerprint density at radius 1 is 1.23 bits per heavy atom. The molecule has 0 rings (SSSR count). The summed E-state index contributed by atoms with van der Waals surface area (Å²) in [6, 6.07) is 0. The van der Waals surface area contributed by atoms with E-state index in [0.717, 1.165) is 18.8 Å². The molecule has 78 valence electrons. The number of ether oxygens (including phenoxy) is 1. The van der Waals surface area contributed by atoms with Crippen molar-refractivity contribution in [3.63, 3.8) is 0 Å². The van der Waals surface area contributed by atoms with Crippen molar-refractivity contribution < 1.29 is 9.53 Å². The molecule has 0 aromatic carbocycles. The number of esters is 1. The molecule has 0 heterocycles. The first-order valence-electron chi connectivity index (χ1n) is 5.19. The highest BCUT2D eigenvalue weighted by atomic mass is 16.5. The van der Waals surface area contributed by atoms with E-state index in [4.69, 9.17) is 0 Å². The van der Waals surface area contributed by atoms with Crippen molar-refractivity contribution in [3.8, 4) is 0 Å². The van der Waals surface area contributed by atoms with Gasteiger partial charge < -0.3 is 4.74 Å². The fourth-order valence-electron chi connectivity index (χ4n) is 1.49. The largest absolute Gasteiger partial charge is 0.469 e. The summed E-state index contributed by atoms with van der Waals surface area (Å²) in [6.45, 7) is 6.37. The third kappa shape index (κ3) is 5.67. The van der Waals surface area contributed by atoms with Crippen molar-refractivity contribution in [3.05, 3.63) is 0 Å². The van der Waals surface area contributed by atoms with Crippen molar-refractivity contribution in [2.45, 2.75) is 46.5 Å². The molecule has 2 nitrogen and oxygen atoms in total. The van der Waals surface area contributed by atoms with Crippen LogP contribution in [0.3, 0.4) is 0 Å². The van der Waals surface area contributed by atoms with Gasteiger partial charge in [-0.2, -0.15) is 0 Å². The van der Waals surface area contributed by atoms with E-state index >= 15 is 0 Å². The van der Waals surface area contributed by atoms with Crippen molar-refractivity contribution in [2.24, 2.45) is 11.8 Å². The lowest BCUT2D eigenvalue weighted by molar-refractivity contribution is -0.145. The number of rotatable bonds is 6. The predicted molar refractivity (Wildman–Crippen MR) is 54.5 cm³/mol. The Kier molecular flexibility index (Phi) is 6.65. The van der Waals surface area contributed by atoms with E-state index in [-0.39, 0.29) is 11.9 Å². The minimum absolute atomic E-state index is 0.0595. The average Bonchev–Trinajstić information content (AvgIpc) is 2.13. The lowest BCUT2D eigenvalue weighted by atomic mass is 9.95. The van der Waals surface area contributed by atoms with E-state index < -0.39 is 0 Å². The van der Waals surface area contributed by atoms with Crippen LogP contribution in [0.4, 0.5) is 0 Å². The van der Waals surface area contributed by atoms with Gasteiger partial charge in [-0.3, -0.25) is 4.79 Å². The number of carbonyl (C=O) groups excluding carboxylic acids is 1. The predicted octanol–water partition coefficient (Wildman–Crippen LogP) is 3.01. The van der Waals surface area contributed by atoms with Crippen LogP contribution in [-0.2, 0) is 9.53 Å². The van der Waals surface area contributed by atoms with Crippen LogP contribution in [0.25, 0.3) is 0 Å². The molecule has 0 radical (unpaired) electrons. The van der Waals surface area contributed by atoms with Crippen LogP contribution in [0.2, 0.25) is 0 Å². The van der Waals surface area contributed by atoms with Crippen LogP contribution in [0.15, 0.2) is 0 Å². The van der Waals surface area contributed by atoms with Crippen LogP contribution < -0.4 is 0 Å². The molecular formula is C11H22O2. The molecule has 2 unspecified atom stereocenters. The molecule has 0 amide bonds. The SMILES string of the molecule is CCCC(C)CCC(C)C(=O)OC. The fraction of sp³-hybridized carbons (Fsp3) is 0.909. The maximum absolute atomic E-state index is 11.1. The first-order chi connectivity index (χ1) is 6.11. The molecule has 0 aliphatic rings. The van der Waals surface area contributed by atoms with E-state index in [1.165, 1.54) is 20.0 Å². The summed E-state index contributed by atoms with van der Waals surface area (Å²) in [6.07, 6.45) is 4.57. The lowest BCUT2D eigenvalue weighted by Crippen LogP contribution is -2.13. The van der Waals surface area contributed by atoms with Crippen LogP contribution in [0.5, 0.6) is 0 Å². The van der Waals surface area contributed by atoms with Gasteiger partial charge in [0, 0.05) is 0 Å². The molecule has 0 aliphatic heterocycles. The van der Waals surface area contributed by atoms with Crippen LogP contribution in [0, 0.1) is 11.8 Å². The maximum atomic E-state index is 11.1. The molecule has 0 aromatic rings. The molecule has 13 heavy (non-hydrogen) atoms. The summed E-state index contributed by atoms with van der Waals surface area (Å²) < 4.78 is 4.67. The second-order valence-electron chi connectivity index (χ2n) is 3.90. The van der Waals surface area contributed by atoms with Gasteiger partial charge >= 0.3 is 5.97 Å². The molecule has 0 spiro atoms. The van der Waals surface area contributed by atoms with Gasteiger partial charge in [-0.25, -0.2) is 0 Å². The zero-order valence-electron chi connectivity index (χ0n) is 9.30. The number of hydrogen-bond donors (Lipinski definition) is 0. The normalized spacial score (nSPS) is 15.1. The van der Waals surface area contributed by atoms with Gasteiger partial charge in [0.05, 0.1) is 13.0 Å². The number of methoxy groups -OCH3 is 1. The quantitative estimate of drug-likeness (QED) is 0.596. The highest BCUT2D eigenvalue weighted by Crippen LogP contribution is 2.17. The molecule has 0 N–H and O–H groups in total. The summed E-state index contributed by atoms with van der Waals surface area (Å²) in [5, 5.41) is 0. The first kappa shape index (κ1) is 12.5. The molecule has 0 saturated carbocycles. The molecule has 0 fully saturated rings. The number of carbonyl (C=O) groups is 1. The van der Waals surface area contributed by atoms with Gasteiger partial charge in [0.15, 0.2) is 0 Å². The fourth-order valence-corrected chi connectivity index (χ4v) is 1.49. The monoisotopic (exact) mass is 186 g/mol. The van der Waals surface area contributed by atoms with Crippen molar-refractivity contribution in [1.29, 1.82) is 0 Å².